The molecule has 44 heavy (non-hydrogen) atoms. The minimum Gasteiger partial charge on any atom is -1.00 e. The van der Waals surface area contributed by atoms with E-state index in [4.69, 9.17) is 4.74 Å². The summed E-state index contributed by atoms with van der Waals surface area (Å²) in [6.07, 6.45) is 7.66. The number of piperazine rings is 1. The molecule has 1 aliphatic carbocycles. The number of nitrogens with two attached hydrogens (primary N) is 1. The SMILES string of the molecule is CC(C)(Oc1cccc(N2CCC[C@@H](C(=O)N(Cc3ccc(-c4ccncc4)cc3)C3CC3)C2)c1)C(=O)N1CC[NH2+]CC1.[Cl-]. The van der Waals surface area contributed by atoms with Gasteiger partial charge in [0.25, 0.3) is 5.91 Å². The van der Waals surface area contributed by atoms with Crippen molar-refractivity contribution in [2.24, 2.45) is 5.92 Å². The van der Waals surface area contributed by atoms with Crippen molar-refractivity contribution in [3.05, 3.63) is 78.6 Å². The summed E-state index contributed by atoms with van der Waals surface area (Å²) in [7, 11) is 0. The summed E-state index contributed by atoms with van der Waals surface area (Å²) in [4.78, 5) is 37.6. The largest absolute Gasteiger partial charge is 1.00 e. The lowest BCUT2D eigenvalue weighted by atomic mass is 9.95. The number of amides is 2. The van der Waals surface area contributed by atoms with Crippen LogP contribution in [0, 0.1) is 5.92 Å². The number of hydrogen-bond donors (Lipinski definition) is 1. The first kappa shape index (κ1) is 31.8. The van der Waals surface area contributed by atoms with Gasteiger partial charge in [0.2, 0.25) is 5.91 Å². The molecule has 2 aromatic carbocycles. The monoisotopic (exact) mass is 617 g/mol. The average molecular weight is 618 g/mol. The lowest BCUT2D eigenvalue weighted by Gasteiger charge is -2.37. The van der Waals surface area contributed by atoms with E-state index in [1.54, 1.807) is 0 Å². The van der Waals surface area contributed by atoms with Crippen molar-refractivity contribution in [3.8, 4) is 16.9 Å². The van der Waals surface area contributed by atoms with Crippen molar-refractivity contribution in [2.45, 2.75) is 57.7 Å². The average Bonchev–Trinajstić information content (AvgIpc) is 3.90. The van der Waals surface area contributed by atoms with E-state index in [1.165, 1.54) is 0 Å². The second-order valence-electron chi connectivity index (χ2n) is 12.7. The molecule has 2 N–H and O–H groups in total. The minimum atomic E-state index is -0.947. The van der Waals surface area contributed by atoms with E-state index in [-0.39, 0.29) is 30.1 Å². The molecule has 9 heteroatoms. The van der Waals surface area contributed by atoms with Gasteiger partial charge in [0.1, 0.15) is 5.75 Å². The highest BCUT2D eigenvalue weighted by Crippen LogP contribution is 2.34. The van der Waals surface area contributed by atoms with Crippen LogP contribution in [-0.2, 0) is 16.1 Å². The first-order valence-electron chi connectivity index (χ1n) is 15.8. The van der Waals surface area contributed by atoms with Gasteiger partial charge in [0.05, 0.1) is 32.1 Å². The molecule has 3 aromatic rings. The molecule has 2 saturated heterocycles. The first-order chi connectivity index (χ1) is 20.9. The zero-order chi connectivity index (χ0) is 29.8. The van der Waals surface area contributed by atoms with Gasteiger partial charge in [0.15, 0.2) is 5.60 Å². The Kier molecular flexibility index (Phi) is 10.1. The predicted molar refractivity (Wildman–Crippen MR) is 168 cm³/mol. The summed E-state index contributed by atoms with van der Waals surface area (Å²) in [5, 5.41) is 2.24. The molecular formula is C35H44ClN5O3. The molecular weight excluding hydrogens is 574 g/mol. The van der Waals surface area contributed by atoms with Crippen LogP contribution < -0.4 is 27.4 Å². The van der Waals surface area contributed by atoms with E-state index in [9.17, 15) is 9.59 Å². The molecule has 3 heterocycles. The van der Waals surface area contributed by atoms with E-state index < -0.39 is 5.60 Å². The molecule has 0 radical (unpaired) electrons. The van der Waals surface area contributed by atoms with Gasteiger partial charge in [-0.15, -0.1) is 0 Å². The number of pyridine rings is 1. The van der Waals surface area contributed by atoms with Crippen LogP contribution in [0.4, 0.5) is 5.69 Å². The van der Waals surface area contributed by atoms with Crippen molar-refractivity contribution < 1.29 is 32.0 Å². The summed E-state index contributed by atoms with van der Waals surface area (Å²) in [6, 6.07) is 20.9. The van der Waals surface area contributed by atoms with Gasteiger partial charge in [-0.1, -0.05) is 30.3 Å². The summed E-state index contributed by atoms with van der Waals surface area (Å²) < 4.78 is 6.30. The highest BCUT2D eigenvalue weighted by Gasteiger charge is 2.38. The summed E-state index contributed by atoms with van der Waals surface area (Å²) in [5.41, 5.74) is 3.55. The number of halogens is 1. The molecule has 8 nitrogen and oxygen atoms in total. The van der Waals surface area contributed by atoms with E-state index in [0.717, 1.165) is 80.8 Å². The molecule has 1 saturated carbocycles. The second kappa shape index (κ2) is 14.0. The summed E-state index contributed by atoms with van der Waals surface area (Å²) >= 11 is 0. The van der Waals surface area contributed by atoms with Crippen LogP contribution in [0.3, 0.4) is 0 Å². The Morgan fingerprint density at radius 2 is 1.66 bits per heavy atom. The predicted octanol–water partition coefficient (Wildman–Crippen LogP) is 0.723. The molecule has 2 aliphatic heterocycles. The molecule has 6 rings (SSSR count). The van der Waals surface area contributed by atoms with Gasteiger partial charge in [0, 0.05) is 49.8 Å². The van der Waals surface area contributed by atoms with Crippen LogP contribution in [0.5, 0.6) is 5.75 Å². The van der Waals surface area contributed by atoms with Crippen LogP contribution in [0.25, 0.3) is 11.1 Å². The Morgan fingerprint density at radius 3 is 2.36 bits per heavy atom. The van der Waals surface area contributed by atoms with Crippen molar-refractivity contribution in [3.63, 3.8) is 0 Å². The number of hydrogen-bond acceptors (Lipinski definition) is 5. The Balaban J connectivity index is 0.00000384. The molecule has 0 bridgehead atoms. The van der Waals surface area contributed by atoms with Gasteiger partial charge in [-0.25, -0.2) is 0 Å². The molecule has 234 valence electrons. The third kappa shape index (κ3) is 7.53. The van der Waals surface area contributed by atoms with Crippen molar-refractivity contribution in [2.75, 3.05) is 44.2 Å². The summed E-state index contributed by atoms with van der Waals surface area (Å²) in [5.74, 6) is 0.941. The Bertz CT molecular complexity index is 1410. The number of nitrogens with zero attached hydrogens (tertiary/aromatic N) is 4. The number of quaternary nitrogens is 1. The molecule has 1 atom stereocenters. The van der Waals surface area contributed by atoms with Crippen molar-refractivity contribution >= 4 is 17.5 Å². The van der Waals surface area contributed by atoms with Crippen LogP contribution in [-0.4, -0.2) is 77.5 Å². The zero-order valence-corrected chi connectivity index (χ0v) is 26.6. The maximum Gasteiger partial charge on any atom is 0.266 e. The number of piperidine rings is 1. The zero-order valence-electron chi connectivity index (χ0n) is 25.8. The van der Waals surface area contributed by atoms with E-state index in [0.29, 0.717) is 24.9 Å². The van der Waals surface area contributed by atoms with Crippen LogP contribution in [0.1, 0.15) is 45.1 Å². The first-order valence-corrected chi connectivity index (χ1v) is 15.8. The van der Waals surface area contributed by atoms with Gasteiger partial charge in [-0.3, -0.25) is 14.6 Å². The molecule has 2 amide bonds. The Morgan fingerprint density at radius 1 is 0.955 bits per heavy atom. The van der Waals surface area contributed by atoms with Gasteiger partial charge in [-0.2, -0.15) is 0 Å². The van der Waals surface area contributed by atoms with Gasteiger partial charge in [-0.05, 0) is 80.5 Å². The molecule has 0 unspecified atom stereocenters. The second-order valence-corrected chi connectivity index (χ2v) is 12.7. The number of rotatable bonds is 9. The fourth-order valence-electron chi connectivity index (χ4n) is 6.38. The minimum absolute atomic E-state index is 0. The maximum absolute atomic E-state index is 14.0. The molecule has 3 fully saturated rings. The van der Waals surface area contributed by atoms with Crippen LogP contribution in [0.15, 0.2) is 73.1 Å². The lowest BCUT2D eigenvalue weighted by Crippen LogP contribution is -3.00. The quantitative estimate of drug-likeness (QED) is 0.383. The van der Waals surface area contributed by atoms with Gasteiger partial charge < -0.3 is 37.2 Å². The number of benzene rings is 2. The molecule has 3 aliphatic rings. The summed E-state index contributed by atoms with van der Waals surface area (Å²) in [6.45, 7) is 9.33. The van der Waals surface area contributed by atoms with E-state index in [1.807, 2.05) is 61.5 Å². The fourth-order valence-corrected chi connectivity index (χ4v) is 6.38. The number of anilines is 1. The lowest BCUT2D eigenvalue weighted by molar-refractivity contribution is -0.662. The number of carbonyl (C=O) groups excluding carboxylic acids is 2. The maximum atomic E-state index is 14.0. The number of aromatic nitrogens is 1. The number of ether oxygens (including phenoxy) is 1. The van der Waals surface area contributed by atoms with E-state index >= 15 is 0 Å². The number of carbonyl (C=O) groups is 2. The Labute approximate surface area is 267 Å². The molecule has 0 spiro atoms. The standard InChI is InChI=1S/C35H43N5O3.ClH/c1-35(2,34(42)38-21-18-37-19-22-38)43-32-7-3-6-31(23-32)39-20-4-5-29(25-39)33(41)40(30-12-13-30)24-26-8-10-27(11-9-26)28-14-16-36-17-15-28;/h3,6-11,14-17,23,29-30,37H,4-5,12-13,18-22,24-25H2,1-2H3;1H/t29-;/m1./s1. The van der Waals surface area contributed by atoms with Crippen molar-refractivity contribution in [1.29, 1.82) is 0 Å². The smallest absolute Gasteiger partial charge is 0.266 e. The fraction of sp³-hybridized carbons (Fsp3) is 0.457. The third-order valence-electron chi connectivity index (χ3n) is 8.93. The Hall–Kier alpha value is -3.62. The highest BCUT2D eigenvalue weighted by molar-refractivity contribution is 5.85. The normalized spacial score (nSPS) is 18.7. The molecule has 1 aromatic heterocycles. The van der Waals surface area contributed by atoms with Crippen LogP contribution >= 0.6 is 0 Å². The highest BCUT2D eigenvalue weighted by atomic mass is 35.5. The van der Waals surface area contributed by atoms with Gasteiger partial charge >= 0.3 is 0 Å². The third-order valence-corrected chi connectivity index (χ3v) is 8.93. The van der Waals surface area contributed by atoms with Crippen molar-refractivity contribution in [1.82, 2.24) is 14.8 Å². The van der Waals surface area contributed by atoms with E-state index in [2.05, 4.69) is 50.4 Å². The van der Waals surface area contributed by atoms with Crippen LogP contribution in [0.2, 0.25) is 0 Å². The topological polar surface area (TPSA) is 82.6 Å².